The van der Waals surface area contributed by atoms with Gasteiger partial charge in [-0.15, -0.1) is 0 Å². The van der Waals surface area contributed by atoms with Crippen molar-refractivity contribution in [3.8, 4) is 0 Å². The summed E-state index contributed by atoms with van der Waals surface area (Å²) in [5, 5.41) is 8.39. The van der Waals surface area contributed by atoms with Gasteiger partial charge in [-0.3, -0.25) is 9.48 Å². The average molecular weight is 342 g/mol. The van der Waals surface area contributed by atoms with Crippen LogP contribution in [0.15, 0.2) is 40.0 Å². The summed E-state index contributed by atoms with van der Waals surface area (Å²) in [6, 6.07) is 7.22. The summed E-state index contributed by atoms with van der Waals surface area (Å²) in [6.45, 7) is 0. The van der Waals surface area contributed by atoms with E-state index in [-0.39, 0.29) is 5.91 Å². The highest BCUT2D eigenvalue weighted by Gasteiger charge is 2.14. The van der Waals surface area contributed by atoms with Crippen LogP contribution in [0.4, 0.5) is 0 Å². The summed E-state index contributed by atoms with van der Waals surface area (Å²) in [7, 11) is 1.68. The highest BCUT2D eigenvalue weighted by Crippen LogP contribution is 2.15. The van der Waals surface area contributed by atoms with Crippen LogP contribution in [0, 0.1) is 0 Å². The van der Waals surface area contributed by atoms with E-state index in [1.165, 1.54) is 10.9 Å². The molecule has 0 saturated heterocycles. The van der Waals surface area contributed by atoms with E-state index in [0.29, 0.717) is 15.2 Å². The summed E-state index contributed by atoms with van der Waals surface area (Å²) >= 11 is 9.21. The Kier molecular flexibility index (Phi) is 4.34. The van der Waals surface area contributed by atoms with E-state index in [0.717, 1.165) is 5.56 Å². The van der Waals surface area contributed by atoms with Gasteiger partial charge in [-0.2, -0.15) is 10.2 Å². The lowest BCUT2D eigenvalue weighted by Gasteiger charge is -2.01. The van der Waals surface area contributed by atoms with Crippen molar-refractivity contribution in [2.45, 2.75) is 0 Å². The predicted octanol–water partition coefficient (Wildman–Crippen LogP) is 2.60. The van der Waals surface area contributed by atoms with Crippen molar-refractivity contribution >= 4 is 39.7 Å². The van der Waals surface area contributed by atoms with Gasteiger partial charge < -0.3 is 0 Å². The van der Waals surface area contributed by atoms with Crippen LogP contribution in [0.3, 0.4) is 0 Å². The first kappa shape index (κ1) is 13.8. The van der Waals surface area contributed by atoms with E-state index in [9.17, 15) is 4.79 Å². The number of hydrogen-bond donors (Lipinski definition) is 1. The zero-order chi connectivity index (χ0) is 13.8. The van der Waals surface area contributed by atoms with Gasteiger partial charge in [0.25, 0.3) is 5.91 Å². The van der Waals surface area contributed by atoms with Gasteiger partial charge >= 0.3 is 0 Å². The smallest absolute Gasteiger partial charge is 0.266 e. The number of aryl methyl sites for hydroxylation is 1. The first-order valence-corrected chi connectivity index (χ1v) is 6.52. The maximum atomic E-state index is 11.9. The van der Waals surface area contributed by atoms with Crippen LogP contribution < -0.4 is 5.43 Å². The highest BCUT2D eigenvalue weighted by atomic mass is 79.9. The molecule has 0 aliphatic heterocycles. The van der Waals surface area contributed by atoms with Crippen molar-refractivity contribution in [1.82, 2.24) is 15.2 Å². The van der Waals surface area contributed by atoms with Gasteiger partial charge in [0, 0.05) is 17.6 Å². The quantitative estimate of drug-likeness (QED) is 0.689. The molecule has 2 rings (SSSR count). The first-order chi connectivity index (χ1) is 9.09. The molecule has 1 aromatic heterocycles. The number of rotatable bonds is 3. The number of benzene rings is 1. The Morgan fingerprint density at radius 2 is 2.26 bits per heavy atom. The number of carbonyl (C=O) groups is 1. The van der Waals surface area contributed by atoms with Gasteiger partial charge in [0.2, 0.25) is 0 Å². The standard InChI is InChI=1S/C12H10BrClN4O/c1-18-11(9(13)7-16-18)12(19)17-15-6-8-4-2-3-5-10(8)14/h2-7H,1H3,(H,17,19)/b15-6+. The minimum absolute atomic E-state index is 0.352. The molecule has 0 bridgehead atoms. The molecule has 0 unspecified atom stereocenters. The first-order valence-electron chi connectivity index (χ1n) is 5.35. The van der Waals surface area contributed by atoms with Gasteiger partial charge in [-0.25, -0.2) is 5.43 Å². The highest BCUT2D eigenvalue weighted by molar-refractivity contribution is 9.10. The molecule has 0 aliphatic carbocycles. The van der Waals surface area contributed by atoms with Crippen LogP contribution in [0.5, 0.6) is 0 Å². The van der Waals surface area contributed by atoms with Gasteiger partial charge in [0.05, 0.1) is 16.9 Å². The van der Waals surface area contributed by atoms with Crippen molar-refractivity contribution < 1.29 is 4.79 Å². The molecule has 0 spiro atoms. The van der Waals surface area contributed by atoms with Crippen LogP contribution in [0.2, 0.25) is 5.02 Å². The number of halogens is 2. The number of hydrogen-bond acceptors (Lipinski definition) is 3. The van der Waals surface area contributed by atoms with Crippen LogP contribution in [0.1, 0.15) is 16.1 Å². The van der Waals surface area contributed by atoms with Crippen molar-refractivity contribution in [3.05, 3.63) is 51.2 Å². The Balaban J connectivity index is 2.08. The largest absolute Gasteiger partial charge is 0.290 e. The summed E-state index contributed by atoms with van der Waals surface area (Å²) in [5.74, 6) is -0.352. The molecular formula is C12H10BrClN4O. The molecule has 0 saturated carbocycles. The number of carbonyl (C=O) groups excluding carboxylic acids is 1. The lowest BCUT2D eigenvalue weighted by atomic mass is 10.2. The third-order valence-corrected chi connectivity index (χ3v) is 3.31. The molecule has 98 valence electrons. The van der Waals surface area contributed by atoms with E-state index >= 15 is 0 Å². The summed E-state index contributed by atoms with van der Waals surface area (Å²) < 4.78 is 2.07. The average Bonchev–Trinajstić information content (AvgIpc) is 2.71. The maximum absolute atomic E-state index is 11.9. The van der Waals surface area contributed by atoms with E-state index in [2.05, 4.69) is 31.6 Å². The molecule has 1 heterocycles. The molecule has 1 N–H and O–H groups in total. The normalized spacial score (nSPS) is 10.9. The molecule has 0 fully saturated rings. The van der Waals surface area contributed by atoms with Gasteiger partial charge in [-0.05, 0) is 22.0 Å². The summed E-state index contributed by atoms with van der Waals surface area (Å²) in [5.41, 5.74) is 3.55. The monoisotopic (exact) mass is 340 g/mol. The van der Waals surface area contributed by atoms with Crippen LogP contribution in [-0.2, 0) is 7.05 Å². The maximum Gasteiger partial charge on any atom is 0.290 e. The van der Waals surface area contributed by atoms with E-state index < -0.39 is 0 Å². The fourth-order valence-corrected chi connectivity index (χ4v) is 2.17. The zero-order valence-corrected chi connectivity index (χ0v) is 12.3. The van der Waals surface area contributed by atoms with Crippen molar-refractivity contribution in [2.75, 3.05) is 0 Å². The Morgan fingerprint density at radius 3 is 2.89 bits per heavy atom. The van der Waals surface area contributed by atoms with Crippen LogP contribution in [0.25, 0.3) is 0 Å². The Hall–Kier alpha value is -1.66. The molecule has 1 aromatic carbocycles. The molecule has 19 heavy (non-hydrogen) atoms. The third-order valence-electron chi connectivity index (χ3n) is 2.38. The summed E-state index contributed by atoms with van der Waals surface area (Å²) in [4.78, 5) is 11.9. The van der Waals surface area contributed by atoms with E-state index in [4.69, 9.17) is 11.6 Å². The van der Waals surface area contributed by atoms with Crippen LogP contribution >= 0.6 is 27.5 Å². The minimum Gasteiger partial charge on any atom is -0.266 e. The lowest BCUT2D eigenvalue weighted by Crippen LogP contribution is -2.21. The van der Waals surface area contributed by atoms with Crippen molar-refractivity contribution in [2.24, 2.45) is 12.1 Å². The Bertz CT molecular complexity index is 619. The second kappa shape index (κ2) is 5.99. The second-order valence-corrected chi connectivity index (χ2v) is 4.95. The van der Waals surface area contributed by atoms with Crippen LogP contribution in [-0.4, -0.2) is 21.9 Å². The number of nitrogens with zero attached hydrogens (tertiary/aromatic N) is 3. The SMILES string of the molecule is Cn1ncc(Br)c1C(=O)N/N=C/c1ccccc1Cl. The minimum atomic E-state index is -0.352. The molecule has 0 radical (unpaired) electrons. The van der Waals surface area contributed by atoms with Gasteiger partial charge in [-0.1, -0.05) is 29.8 Å². The fourth-order valence-electron chi connectivity index (χ4n) is 1.46. The topological polar surface area (TPSA) is 59.3 Å². The molecule has 0 atom stereocenters. The fraction of sp³-hybridized carbons (Fsp3) is 0.0833. The molecule has 1 amide bonds. The molecule has 5 nitrogen and oxygen atoms in total. The molecule has 0 aliphatic rings. The number of amides is 1. The Labute approximate surface area is 123 Å². The second-order valence-electron chi connectivity index (χ2n) is 3.69. The lowest BCUT2D eigenvalue weighted by molar-refractivity contribution is 0.0945. The van der Waals surface area contributed by atoms with E-state index in [1.54, 1.807) is 25.4 Å². The van der Waals surface area contributed by atoms with Gasteiger partial charge in [0.1, 0.15) is 5.69 Å². The van der Waals surface area contributed by atoms with Crippen molar-refractivity contribution in [3.63, 3.8) is 0 Å². The van der Waals surface area contributed by atoms with Crippen molar-refractivity contribution in [1.29, 1.82) is 0 Å². The number of aromatic nitrogens is 2. The van der Waals surface area contributed by atoms with Gasteiger partial charge in [0.15, 0.2) is 0 Å². The third kappa shape index (κ3) is 3.21. The molecule has 2 aromatic rings. The van der Waals surface area contributed by atoms with E-state index in [1.807, 2.05) is 12.1 Å². The summed E-state index contributed by atoms with van der Waals surface area (Å²) in [6.07, 6.45) is 3.04. The zero-order valence-electron chi connectivity index (χ0n) is 9.97. The number of nitrogens with one attached hydrogen (secondary N) is 1. The number of hydrazone groups is 1. The molecular weight excluding hydrogens is 332 g/mol. The predicted molar refractivity (Wildman–Crippen MR) is 77.4 cm³/mol. The molecule has 7 heteroatoms. The Morgan fingerprint density at radius 1 is 1.53 bits per heavy atom.